The maximum Gasteiger partial charge on any atom is 0.174 e. The van der Waals surface area contributed by atoms with E-state index >= 15 is 0 Å². The Labute approximate surface area is 128 Å². The second-order valence-electron chi connectivity index (χ2n) is 5.65. The van der Waals surface area contributed by atoms with Gasteiger partial charge in [0.05, 0.1) is 11.8 Å². The summed E-state index contributed by atoms with van der Waals surface area (Å²) in [6.07, 6.45) is 2.51. The van der Waals surface area contributed by atoms with Crippen molar-refractivity contribution in [2.75, 3.05) is 11.5 Å². The molecule has 0 saturated heterocycles. The zero-order chi connectivity index (χ0) is 14.3. The van der Waals surface area contributed by atoms with E-state index in [0.717, 1.165) is 21.4 Å². The van der Waals surface area contributed by atoms with Crippen LogP contribution < -0.4 is 0 Å². The summed E-state index contributed by atoms with van der Waals surface area (Å²) in [4.78, 5) is 16.9. The van der Waals surface area contributed by atoms with E-state index in [-0.39, 0.29) is 5.78 Å². The molecule has 0 spiro atoms. The highest BCUT2D eigenvalue weighted by atomic mass is 32.2. The van der Waals surface area contributed by atoms with E-state index in [1.165, 1.54) is 18.5 Å². The highest BCUT2D eigenvalue weighted by molar-refractivity contribution is 8.39. The molecule has 2 heterocycles. The van der Waals surface area contributed by atoms with E-state index in [0.29, 0.717) is 17.8 Å². The summed E-state index contributed by atoms with van der Waals surface area (Å²) >= 11 is 3.36. The molecule has 1 atom stereocenters. The molecule has 0 bridgehead atoms. The first kappa shape index (κ1) is 14.3. The lowest BCUT2D eigenvalue weighted by Crippen LogP contribution is -2.06. The Bertz CT molecular complexity index is 573. The Morgan fingerprint density at radius 1 is 1.50 bits per heavy atom. The van der Waals surface area contributed by atoms with Gasteiger partial charge in [-0.1, -0.05) is 23.5 Å². The Hall–Kier alpha value is -0.680. The maximum atomic E-state index is 12.4. The number of aliphatic imine (C=N–C) groups is 1. The number of thioether (sulfide) groups is 2. The van der Waals surface area contributed by atoms with Crippen LogP contribution in [0.4, 0.5) is 0 Å². The number of Topliss-reactive ketones (excluding diaryl/α,β-unsaturated/α-hetero) is 1. The summed E-state index contributed by atoms with van der Waals surface area (Å²) in [5.41, 5.74) is 3.27. The number of carbonyl (C=O) groups excluding carboxylic acids is 1. The molecule has 1 unspecified atom stereocenters. The fraction of sp³-hybridized carbons (Fsp3) is 0.600. The van der Waals surface area contributed by atoms with Crippen LogP contribution in [0.2, 0.25) is 0 Å². The van der Waals surface area contributed by atoms with Crippen LogP contribution in [0.5, 0.6) is 0 Å². The quantitative estimate of drug-likeness (QED) is 0.792. The van der Waals surface area contributed by atoms with Crippen LogP contribution in [0.15, 0.2) is 11.1 Å². The molecule has 0 N–H and O–H groups in total. The summed E-state index contributed by atoms with van der Waals surface area (Å²) in [5, 5.41) is 0. The van der Waals surface area contributed by atoms with Gasteiger partial charge in [-0.05, 0) is 39.7 Å². The molecule has 108 valence electrons. The van der Waals surface area contributed by atoms with Gasteiger partial charge in [0.15, 0.2) is 5.78 Å². The monoisotopic (exact) mass is 308 g/mol. The average Bonchev–Trinajstić information content (AvgIpc) is 3.08. The van der Waals surface area contributed by atoms with Crippen molar-refractivity contribution >= 4 is 33.7 Å². The van der Waals surface area contributed by atoms with Crippen molar-refractivity contribution < 1.29 is 4.79 Å². The molecule has 3 nitrogen and oxygen atoms in total. The second-order valence-corrected chi connectivity index (χ2v) is 7.88. The first-order valence-electron chi connectivity index (χ1n) is 7.11. The van der Waals surface area contributed by atoms with Gasteiger partial charge < -0.3 is 4.57 Å². The lowest BCUT2D eigenvalue weighted by Gasteiger charge is -2.07. The first-order chi connectivity index (χ1) is 9.56. The third-order valence-corrected chi connectivity index (χ3v) is 6.26. The molecule has 0 amide bonds. The minimum atomic E-state index is 0.234. The number of aromatic nitrogens is 1. The second kappa shape index (κ2) is 5.60. The van der Waals surface area contributed by atoms with E-state index < -0.39 is 0 Å². The van der Waals surface area contributed by atoms with Crippen molar-refractivity contribution in [2.45, 2.75) is 45.7 Å². The molecule has 1 saturated carbocycles. The Morgan fingerprint density at radius 3 is 2.85 bits per heavy atom. The zero-order valence-corrected chi connectivity index (χ0v) is 13.8. The summed E-state index contributed by atoms with van der Waals surface area (Å²) in [5.74, 6) is 1.79. The molecule has 20 heavy (non-hydrogen) atoms. The number of ketones is 1. The van der Waals surface area contributed by atoms with Crippen LogP contribution in [0.1, 0.15) is 47.6 Å². The van der Waals surface area contributed by atoms with Gasteiger partial charge in [0, 0.05) is 28.7 Å². The number of nitrogens with zero attached hydrogens (tertiary/aromatic N) is 2. The summed E-state index contributed by atoms with van der Waals surface area (Å²) in [6.45, 7) is 6.30. The maximum absolute atomic E-state index is 12.4. The van der Waals surface area contributed by atoms with E-state index in [4.69, 9.17) is 0 Å². The summed E-state index contributed by atoms with van der Waals surface area (Å²) < 4.78 is 3.41. The highest BCUT2D eigenvalue weighted by Crippen LogP contribution is 2.38. The van der Waals surface area contributed by atoms with Crippen LogP contribution in [0.3, 0.4) is 0 Å². The predicted octanol–water partition coefficient (Wildman–Crippen LogP) is 3.85. The first-order valence-corrected chi connectivity index (χ1v) is 9.08. The predicted molar refractivity (Wildman–Crippen MR) is 88.3 cm³/mol. The smallest absolute Gasteiger partial charge is 0.174 e. The van der Waals surface area contributed by atoms with Crippen LogP contribution in [-0.2, 0) is 0 Å². The minimum Gasteiger partial charge on any atom is -0.345 e. The molecule has 3 rings (SSSR count). The number of carbonyl (C=O) groups is 1. The SMILES string of the molecule is Cc1cc(C(=O)CSC2=NC(C)CS2)c(C)n1C1CC1. The normalized spacial score (nSPS) is 22.1. The molecule has 1 aliphatic carbocycles. The van der Waals surface area contributed by atoms with E-state index in [9.17, 15) is 4.79 Å². The van der Waals surface area contributed by atoms with Gasteiger partial charge in [0.2, 0.25) is 0 Å². The van der Waals surface area contributed by atoms with Gasteiger partial charge in [-0.15, -0.1) is 0 Å². The van der Waals surface area contributed by atoms with E-state index in [1.807, 2.05) is 0 Å². The van der Waals surface area contributed by atoms with Gasteiger partial charge >= 0.3 is 0 Å². The summed E-state index contributed by atoms with van der Waals surface area (Å²) in [7, 11) is 0. The minimum absolute atomic E-state index is 0.234. The average molecular weight is 308 g/mol. The number of hydrogen-bond donors (Lipinski definition) is 0. The van der Waals surface area contributed by atoms with Crippen molar-refractivity contribution in [3.8, 4) is 0 Å². The van der Waals surface area contributed by atoms with Crippen molar-refractivity contribution in [3.63, 3.8) is 0 Å². The molecule has 0 radical (unpaired) electrons. The van der Waals surface area contributed by atoms with Gasteiger partial charge in [0.1, 0.15) is 4.38 Å². The highest BCUT2D eigenvalue weighted by Gasteiger charge is 2.28. The molecular formula is C15H20N2OS2. The molecule has 1 aromatic heterocycles. The largest absolute Gasteiger partial charge is 0.345 e. The van der Waals surface area contributed by atoms with Gasteiger partial charge in [-0.25, -0.2) is 0 Å². The molecule has 2 aliphatic rings. The summed E-state index contributed by atoms with van der Waals surface area (Å²) in [6, 6.07) is 3.10. The van der Waals surface area contributed by atoms with Crippen molar-refractivity contribution in [1.29, 1.82) is 0 Å². The topological polar surface area (TPSA) is 34.4 Å². The van der Waals surface area contributed by atoms with Gasteiger partial charge in [-0.2, -0.15) is 0 Å². The fourth-order valence-corrected chi connectivity index (χ4v) is 4.78. The number of aryl methyl sites for hydroxylation is 1. The van der Waals surface area contributed by atoms with Gasteiger partial charge in [0.25, 0.3) is 0 Å². The Morgan fingerprint density at radius 2 is 2.25 bits per heavy atom. The van der Waals surface area contributed by atoms with Crippen LogP contribution in [-0.4, -0.2) is 32.3 Å². The van der Waals surface area contributed by atoms with Crippen molar-refractivity contribution in [3.05, 3.63) is 23.0 Å². The Balaban J connectivity index is 1.68. The molecular weight excluding hydrogens is 288 g/mol. The lowest BCUT2D eigenvalue weighted by atomic mass is 10.2. The third-order valence-electron chi connectivity index (χ3n) is 3.80. The van der Waals surface area contributed by atoms with Crippen LogP contribution in [0, 0.1) is 13.8 Å². The molecule has 1 aromatic rings. The Kier molecular flexibility index (Phi) is 4.00. The molecule has 1 fully saturated rings. The van der Waals surface area contributed by atoms with Crippen molar-refractivity contribution in [1.82, 2.24) is 4.57 Å². The van der Waals surface area contributed by atoms with Crippen LogP contribution >= 0.6 is 23.5 Å². The van der Waals surface area contributed by atoms with Crippen molar-refractivity contribution in [2.24, 2.45) is 4.99 Å². The standard InChI is InChI=1S/C15H20N2OS2/c1-9-7-19-15(16-9)20-8-14(18)13-6-10(2)17(11(13)3)12-4-5-12/h6,9,12H,4-5,7-8H2,1-3H3. The number of hydrogen-bond acceptors (Lipinski definition) is 4. The van der Waals surface area contributed by atoms with E-state index in [1.54, 1.807) is 23.5 Å². The number of rotatable bonds is 4. The zero-order valence-electron chi connectivity index (χ0n) is 12.2. The third kappa shape index (κ3) is 2.84. The van der Waals surface area contributed by atoms with E-state index in [2.05, 4.69) is 36.4 Å². The lowest BCUT2D eigenvalue weighted by molar-refractivity contribution is 0.102. The van der Waals surface area contributed by atoms with Crippen LogP contribution in [0.25, 0.3) is 0 Å². The molecule has 0 aromatic carbocycles. The molecule has 5 heteroatoms. The fourth-order valence-electron chi connectivity index (χ4n) is 2.68. The van der Waals surface area contributed by atoms with Gasteiger partial charge in [-0.3, -0.25) is 9.79 Å². The molecule has 1 aliphatic heterocycles.